The van der Waals surface area contributed by atoms with Crippen LogP contribution in [0.1, 0.15) is 29.8 Å². The lowest BCUT2D eigenvalue weighted by molar-refractivity contribution is -0.142. The Kier molecular flexibility index (Phi) is 4.68. The molecule has 1 N–H and O–H groups in total. The molecule has 5 nitrogen and oxygen atoms in total. The molecule has 0 amide bonds. The molecule has 3 rings (SSSR count). The van der Waals surface area contributed by atoms with Crippen LogP contribution in [0.5, 0.6) is 0 Å². The van der Waals surface area contributed by atoms with Gasteiger partial charge in [-0.3, -0.25) is 0 Å². The Bertz CT molecular complexity index is 908. The third kappa shape index (κ3) is 3.40. The predicted molar refractivity (Wildman–Crippen MR) is 88.1 cm³/mol. The average molecular weight is 357 g/mol. The largest absolute Gasteiger partial charge is 0.435 e. The Labute approximate surface area is 148 Å². The normalized spacial score (nSPS) is 13.3. The topological polar surface area (TPSA) is 77.4 Å². The van der Waals surface area contributed by atoms with Gasteiger partial charge in [-0.1, -0.05) is 0 Å². The highest BCUT2D eigenvalue weighted by molar-refractivity contribution is 5.53. The van der Waals surface area contributed by atoms with Crippen LogP contribution in [0, 0.1) is 22.7 Å². The number of hydrogen-bond acceptors (Lipinski definition) is 4. The fraction of sp³-hybridized carbons (Fsp3) is 0.278. The van der Waals surface area contributed by atoms with Gasteiger partial charge < -0.3 is 5.32 Å². The smallest absolute Gasteiger partial charge is 0.360 e. The summed E-state index contributed by atoms with van der Waals surface area (Å²) in [4.78, 5) is 0. The van der Waals surface area contributed by atoms with Crippen molar-refractivity contribution in [1.82, 2.24) is 9.78 Å². The predicted octanol–water partition coefficient (Wildman–Crippen LogP) is 4.11. The number of nitrogens with zero attached hydrogens (tertiary/aromatic N) is 4. The Balaban J connectivity index is 1.93. The van der Waals surface area contributed by atoms with Crippen molar-refractivity contribution < 1.29 is 13.2 Å². The van der Waals surface area contributed by atoms with Crippen LogP contribution in [0.4, 0.5) is 18.9 Å². The van der Waals surface area contributed by atoms with E-state index in [-0.39, 0.29) is 5.57 Å². The van der Waals surface area contributed by atoms with Crippen LogP contribution in [0.3, 0.4) is 0 Å². The number of hydrogen-bond donors (Lipinski definition) is 1. The van der Waals surface area contributed by atoms with Crippen molar-refractivity contribution in [2.75, 3.05) is 5.32 Å². The SMILES string of the molecule is N#CC(C#N)=CNc1ccc(-n2nc(C(F)(F)F)c3c2CCCC3)cc1. The van der Waals surface area contributed by atoms with Crippen LogP contribution < -0.4 is 5.32 Å². The zero-order chi connectivity index (χ0) is 18.7. The average Bonchev–Trinajstić information content (AvgIpc) is 3.03. The summed E-state index contributed by atoms with van der Waals surface area (Å²) in [5.41, 5.74) is 1.17. The molecule has 0 atom stereocenters. The highest BCUT2D eigenvalue weighted by Crippen LogP contribution is 2.36. The number of allylic oxidation sites excluding steroid dienone is 1. The lowest BCUT2D eigenvalue weighted by atomic mass is 9.95. The lowest BCUT2D eigenvalue weighted by Gasteiger charge is -2.15. The first-order valence-corrected chi connectivity index (χ1v) is 7.99. The minimum absolute atomic E-state index is 0.0787. The molecule has 132 valence electrons. The molecule has 0 saturated heterocycles. The number of aromatic nitrogens is 2. The van der Waals surface area contributed by atoms with Gasteiger partial charge in [0.15, 0.2) is 5.69 Å². The fourth-order valence-corrected chi connectivity index (χ4v) is 2.98. The Hall–Kier alpha value is -3.26. The van der Waals surface area contributed by atoms with Gasteiger partial charge in [0, 0.05) is 23.1 Å². The van der Waals surface area contributed by atoms with Gasteiger partial charge in [-0.25, -0.2) is 4.68 Å². The molecule has 0 saturated carbocycles. The quantitative estimate of drug-likeness (QED) is 0.839. The van der Waals surface area contributed by atoms with Crippen LogP contribution >= 0.6 is 0 Å². The molecule has 1 aromatic heterocycles. The van der Waals surface area contributed by atoms with Gasteiger partial charge in [0.2, 0.25) is 0 Å². The molecule has 0 spiro atoms. The number of rotatable bonds is 3. The summed E-state index contributed by atoms with van der Waals surface area (Å²) in [5, 5.41) is 24.0. The summed E-state index contributed by atoms with van der Waals surface area (Å²) in [6, 6.07) is 10.1. The van der Waals surface area contributed by atoms with Crippen molar-refractivity contribution in [2.24, 2.45) is 0 Å². The number of benzene rings is 1. The fourth-order valence-electron chi connectivity index (χ4n) is 2.98. The van der Waals surface area contributed by atoms with Crippen molar-refractivity contribution in [3.05, 3.63) is 53.0 Å². The summed E-state index contributed by atoms with van der Waals surface area (Å²) >= 11 is 0. The Morgan fingerprint density at radius 1 is 1.12 bits per heavy atom. The van der Waals surface area contributed by atoms with Crippen LogP contribution in [0.25, 0.3) is 5.69 Å². The van der Waals surface area contributed by atoms with E-state index in [1.807, 2.05) is 0 Å². The van der Waals surface area contributed by atoms with Crippen LogP contribution in [-0.2, 0) is 19.0 Å². The van der Waals surface area contributed by atoms with Crippen molar-refractivity contribution in [2.45, 2.75) is 31.9 Å². The first-order valence-electron chi connectivity index (χ1n) is 7.99. The van der Waals surface area contributed by atoms with E-state index in [0.717, 1.165) is 12.8 Å². The first-order chi connectivity index (χ1) is 12.4. The number of fused-ring (bicyclic) bond motifs is 1. The van der Waals surface area contributed by atoms with Gasteiger partial charge in [0.25, 0.3) is 0 Å². The van der Waals surface area contributed by atoms with Crippen molar-refractivity contribution >= 4 is 5.69 Å². The minimum Gasteiger partial charge on any atom is -0.360 e. The molecular formula is C18H14F3N5. The molecule has 1 heterocycles. The second-order valence-electron chi connectivity index (χ2n) is 5.86. The number of halogens is 3. The minimum atomic E-state index is -4.47. The second kappa shape index (κ2) is 6.93. The van der Waals surface area contributed by atoms with E-state index in [0.29, 0.717) is 35.5 Å². The van der Waals surface area contributed by atoms with Crippen molar-refractivity contribution in [3.63, 3.8) is 0 Å². The van der Waals surface area contributed by atoms with E-state index in [4.69, 9.17) is 10.5 Å². The van der Waals surface area contributed by atoms with Gasteiger partial charge in [0.1, 0.15) is 17.7 Å². The van der Waals surface area contributed by atoms with E-state index in [1.54, 1.807) is 36.4 Å². The molecule has 1 aliphatic carbocycles. The van der Waals surface area contributed by atoms with Gasteiger partial charge >= 0.3 is 6.18 Å². The van der Waals surface area contributed by atoms with Crippen LogP contribution in [0.2, 0.25) is 0 Å². The highest BCUT2D eigenvalue weighted by Gasteiger charge is 2.39. The summed E-state index contributed by atoms with van der Waals surface area (Å²) in [7, 11) is 0. The maximum Gasteiger partial charge on any atom is 0.435 e. The zero-order valence-electron chi connectivity index (χ0n) is 13.6. The molecule has 0 unspecified atom stereocenters. The zero-order valence-corrected chi connectivity index (χ0v) is 13.6. The summed E-state index contributed by atoms with van der Waals surface area (Å²) in [6.45, 7) is 0. The molecule has 1 aliphatic rings. The molecule has 8 heteroatoms. The van der Waals surface area contributed by atoms with Gasteiger partial charge in [-0.15, -0.1) is 0 Å². The summed E-state index contributed by atoms with van der Waals surface area (Å²) < 4.78 is 41.2. The standard InChI is InChI=1S/C18H14F3N5/c19-18(20,21)17-15-3-1-2-4-16(15)26(25-17)14-7-5-13(6-8-14)24-11-12(9-22)10-23/h5-8,11,24H,1-4H2. The van der Waals surface area contributed by atoms with E-state index in [1.165, 1.54) is 10.9 Å². The van der Waals surface area contributed by atoms with E-state index in [9.17, 15) is 13.2 Å². The van der Waals surface area contributed by atoms with E-state index in [2.05, 4.69) is 10.4 Å². The number of anilines is 1. The summed E-state index contributed by atoms with van der Waals surface area (Å²) in [6.07, 6.45) is -0.673. The molecule has 0 aliphatic heterocycles. The molecule has 1 aromatic carbocycles. The van der Waals surface area contributed by atoms with Crippen molar-refractivity contribution in [3.8, 4) is 17.8 Å². The number of nitriles is 2. The van der Waals surface area contributed by atoms with Gasteiger partial charge in [-0.2, -0.15) is 28.8 Å². The van der Waals surface area contributed by atoms with E-state index >= 15 is 0 Å². The van der Waals surface area contributed by atoms with Crippen LogP contribution in [0.15, 0.2) is 36.0 Å². The third-order valence-electron chi connectivity index (χ3n) is 4.18. The lowest BCUT2D eigenvalue weighted by Crippen LogP contribution is -2.11. The number of alkyl halides is 3. The van der Waals surface area contributed by atoms with Crippen molar-refractivity contribution in [1.29, 1.82) is 10.5 Å². The summed E-state index contributed by atoms with van der Waals surface area (Å²) in [5.74, 6) is 0. The monoisotopic (exact) mass is 357 g/mol. The Morgan fingerprint density at radius 2 is 1.77 bits per heavy atom. The molecule has 0 radical (unpaired) electrons. The number of nitrogens with one attached hydrogen (secondary N) is 1. The molecule has 0 bridgehead atoms. The maximum atomic E-state index is 13.3. The Morgan fingerprint density at radius 3 is 2.38 bits per heavy atom. The molecule has 2 aromatic rings. The van der Waals surface area contributed by atoms with Gasteiger partial charge in [-0.05, 0) is 49.9 Å². The van der Waals surface area contributed by atoms with Crippen LogP contribution in [-0.4, -0.2) is 9.78 Å². The molecule has 0 fully saturated rings. The van der Waals surface area contributed by atoms with Gasteiger partial charge in [0.05, 0.1) is 5.69 Å². The first kappa shape index (κ1) is 17.6. The third-order valence-corrected chi connectivity index (χ3v) is 4.18. The molecular weight excluding hydrogens is 343 g/mol. The second-order valence-corrected chi connectivity index (χ2v) is 5.86. The molecule has 26 heavy (non-hydrogen) atoms. The highest BCUT2D eigenvalue weighted by atomic mass is 19.4. The maximum absolute atomic E-state index is 13.3. The van der Waals surface area contributed by atoms with E-state index < -0.39 is 11.9 Å².